The molecule has 0 bridgehead atoms. The fourth-order valence-corrected chi connectivity index (χ4v) is 0.547. The van der Waals surface area contributed by atoms with Gasteiger partial charge in [0.25, 0.3) is 0 Å². The van der Waals surface area contributed by atoms with Gasteiger partial charge in [0.2, 0.25) is 6.41 Å². The maximum Gasteiger partial charge on any atom is 0.213 e. The van der Waals surface area contributed by atoms with E-state index in [1.54, 1.807) is 0 Å². The second kappa shape index (κ2) is 3.91. The van der Waals surface area contributed by atoms with Crippen molar-refractivity contribution in [1.82, 2.24) is 0 Å². The Morgan fingerprint density at radius 1 is 1.40 bits per heavy atom. The van der Waals surface area contributed by atoms with Crippen molar-refractivity contribution < 1.29 is 9.47 Å². The quantitative estimate of drug-likeness (QED) is 0.607. The molecule has 0 aliphatic carbocycles. The zero-order chi connectivity index (χ0) is 8.20. The molecule has 0 heterocycles. The first-order chi connectivity index (χ1) is 4.45. The van der Waals surface area contributed by atoms with Gasteiger partial charge in [-0.05, 0) is 27.7 Å². The molecule has 3 nitrogen and oxygen atoms in total. The van der Waals surface area contributed by atoms with E-state index in [1.807, 2.05) is 27.7 Å². The Morgan fingerprint density at radius 2 is 1.90 bits per heavy atom. The lowest BCUT2D eigenvalue weighted by molar-refractivity contribution is -0.189. The third kappa shape index (κ3) is 6.01. The largest absolute Gasteiger partial charge is 0.340 e. The van der Waals surface area contributed by atoms with Gasteiger partial charge in [0.1, 0.15) is 0 Å². The molecule has 0 aliphatic heterocycles. The predicted octanol–water partition coefficient (Wildman–Crippen LogP) is 1.08. The Hall–Kier alpha value is -0.120. The smallest absolute Gasteiger partial charge is 0.213 e. The number of ether oxygens (including phenoxy) is 2. The van der Waals surface area contributed by atoms with Crippen molar-refractivity contribution in [3.8, 4) is 0 Å². The standard InChI is InChI=1S/C7H17NO2/c1-5-9-6(8)10-7(2,3)4/h6H,5,8H2,1-4H3. The van der Waals surface area contributed by atoms with Crippen LogP contribution < -0.4 is 5.73 Å². The van der Waals surface area contributed by atoms with Crippen molar-refractivity contribution in [3.63, 3.8) is 0 Å². The molecule has 0 fully saturated rings. The minimum atomic E-state index is -0.593. The molecule has 0 aromatic carbocycles. The topological polar surface area (TPSA) is 44.5 Å². The molecule has 1 unspecified atom stereocenters. The van der Waals surface area contributed by atoms with E-state index in [9.17, 15) is 0 Å². The van der Waals surface area contributed by atoms with Crippen molar-refractivity contribution in [2.75, 3.05) is 6.61 Å². The summed E-state index contributed by atoms with van der Waals surface area (Å²) < 4.78 is 10.2. The van der Waals surface area contributed by atoms with Crippen molar-refractivity contribution in [3.05, 3.63) is 0 Å². The van der Waals surface area contributed by atoms with Gasteiger partial charge in [-0.1, -0.05) is 0 Å². The molecule has 0 saturated heterocycles. The molecule has 0 rings (SSSR count). The second-order valence-corrected chi connectivity index (χ2v) is 3.05. The molecule has 0 spiro atoms. The third-order valence-electron chi connectivity index (χ3n) is 0.801. The van der Waals surface area contributed by atoms with Crippen LogP contribution in [0.5, 0.6) is 0 Å². The molecule has 1 atom stereocenters. The van der Waals surface area contributed by atoms with Crippen LogP contribution in [-0.4, -0.2) is 18.6 Å². The van der Waals surface area contributed by atoms with Crippen LogP contribution in [0, 0.1) is 0 Å². The lowest BCUT2D eigenvalue weighted by Gasteiger charge is -2.23. The third-order valence-corrected chi connectivity index (χ3v) is 0.801. The second-order valence-electron chi connectivity index (χ2n) is 3.05. The van der Waals surface area contributed by atoms with Gasteiger partial charge in [-0.2, -0.15) is 0 Å². The first kappa shape index (κ1) is 9.88. The summed E-state index contributed by atoms with van der Waals surface area (Å²) in [6.45, 7) is 8.27. The normalized spacial score (nSPS) is 15.3. The number of nitrogens with two attached hydrogens (primary N) is 1. The molecular weight excluding hydrogens is 130 g/mol. The van der Waals surface area contributed by atoms with Crippen LogP contribution in [0.3, 0.4) is 0 Å². The highest BCUT2D eigenvalue weighted by Gasteiger charge is 2.14. The van der Waals surface area contributed by atoms with E-state index in [2.05, 4.69) is 0 Å². The predicted molar refractivity (Wildman–Crippen MR) is 40.4 cm³/mol. The fraction of sp³-hybridized carbons (Fsp3) is 1.00. The van der Waals surface area contributed by atoms with Gasteiger partial charge >= 0.3 is 0 Å². The van der Waals surface area contributed by atoms with Gasteiger partial charge < -0.3 is 9.47 Å². The average molecular weight is 147 g/mol. The van der Waals surface area contributed by atoms with Crippen LogP contribution in [-0.2, 0) is 9.47 Å². The number of hydrogen-bond acceptors (Lipinski definition) is 3. The number of hydrogen-bond donors (Lipinski definition) is 1. The summed E-state index contributed by atoms with van der Waals surface area (Å²) >= 11 is 0. The summed E-state index contributed by atoms with van der Waals surface area (Å²) in [5.41, 5.74) is 5.20. The Balaban J connectivity index is 3.47. The molecule has 0 radical (unpaired) electrons. The molecule has 0 amide bonds. The van der Waals surface area contributed by atoms with Crippen LogP contribution in [0.1, 0.15) is 27.7 Å². The molecule has 0 aromatic heterocycles. The van der Waals surface area contributed by atoms with Gasteiger partial charge in [0.15, 0.2) is 0 Å². The fourth-order valence-electron chi connectivity index (χ4n) is 0.547. The maximum absolute atomic E-state index is 5.43. The van der Waals surface area contributed by atoms with Crippen LogP contribution >= 0.6 is 0 Å². The van der Waals surface area contributed by atoms with E-state index in [1.165, 1.54) is 0 Å². The minimum absolute atomic E-state index is 0.228. The van der Waals surface area contributed by atoms with Crippen LogP contribution in [0.25, 0.3) is 0 Å². The molecule has 0 saturated carbocycles. The molecule has 10 heavy (non-hydrogen) atoms. The Labute approximate surface area is 62.5 Å². The zero-order valence-corrected chi connectivity index (χ0v) is 7.18. The van der Waals surface area contributed by atoms with E-state index in [0.717, 1.165) is 0 Å². The van der Waals surface area contributed by atoms with Gasteiger partial charge in [-0.15, -0.1) is 0 Å². The summed E-state index contributed by atoms with van der Waals surface area (Å²) in [6.07, 6.45) is -0.593. The lowest BCUT2D eigenvalue weighted by Crippen LogP contribution is -2.35. The van der Waals surface area contributed by atoms with Gasteiger partial charge in [-0.25, -0.2) is 0 Å². The van der Waals surface area contributed by atoms with Gasteiger partial charge in [-0.3, -0.25) is 5.73 Å². The van der Waals surface area contributed by atoms with Crippen molar-refractivity contribution in [1.29, 1.82) is 0 Å². The first-order valence-corrected chi connectivity index (χ1v) is 3.50. The Morgan fingerprint density at radius 3 is 2.20 bits per heavy atom. The molecular formula is C7H17NO2. The van der Waals surface area contributed by atoms with E-state index < -0.39 is 6.41 Å². The van der Waals surface area contributed by atoms with E-state index in [0.29, 0.717) is 6.61 Å². The van der Waals surface area contributed by atoms with Gasteiger partial charge in [0, 0.05) is 6.61 Å². The van der Waals surface area contributed by atoms with Gasteiger partial charge in [0.05, 0.1) is 5.60 Å². The van der Waals surface area contributed by atoms with Crippen molar-refractivity contribution >= 4 is 0 Å². The van der Waals surface area contributed by atoms with Crippen molar-refractivity contribution in [2.45, 2.75) is 39.7 Å². The highest BCUT2D eigenvalue weighted by molar-refractivity contribution is 4.58. The lowest BCUT2D eigenvalue weighted by atomic mass is 10.2. The SMILES string of the molecule is CCOC(N)OC(C)(C)C. The summed E-state index contributed by atoms with van der Waals surface area (Å²) in [6, 6.07) is 0. The average Bonchev–Trinajstić information content (AvgIpc) is 1.59. The summed E-state index contributed by atoms with van der Waals surface area (Å²) in [5.74, 6) is 0. The monoisotopic (exact) mass is 147 g/mol. The highest BCUT2D eigenvalue weighted by atomic mass is 16.7. The van der Waals surface area contributed by atoms with Crippen LogP contribution in [0.2, 0.25) is 0 Å². The zero-order valence-electron chi connectivity index (χ0n) is 7.18. The van der Waals surface area contributed by atoms with E-state index >= 15 is 0 Å². The highest BCUT2D eigenvalue weighted by Crippen LogP contribution is 2.08. The molecule has 0 aliphatic rings. The first-order valence-electron chi connectivity index (χ1n) is 3.50. The van der Waals surface area contributed by atoms with Crippen LogP contribution in [0.4, 0.5) is 0 Å². The molecule has 0 aromatic rings. The van der Waals surface area contributed by atoms with Crippen LogP contribution in [0.15, 0.2) is 0 Å². The molecule has 62 valence electrons. The van der Waals surface area contributed by atoms with E-state index in [4.69, 9.17) is 15.2 Å². The van der Waals surface area contributed by atoms with E-state index in [-0.39, 0.29) is 5.60 Å². The van der Waals surface area contributed by atoms with Crippen molar-refractivity contribution in [2.24, 2.45) is 5.73 Å². The Bertz CT molecular complexity index is 88.1. The minimum Gasteiger partial charge on any atom is -0.340 e. The Kier molecular flexibility index (Phi) is 3.86. The summed E-state index contributed by atoms with van der Waals surface area (Å²) in [7, 11) is 0. The summed E-state index contributed by atoms with van der Waals surface area (Å²) in [4.78, 5) is 0. The molecule has 2 N–H and O–H groups in total. The number of rotatable bonds is 3. The molecule has 3 heteroatoms. The maximum atomic E-state index is 5.43. The summed E-state index contributed by atoms with van der Waals surface area (Å²) in [5, 5.41) is 0.